The molecule has 8 heteroatoms. The van der Waals surface area contributed by atoms with Gasteiger partial charge in [0.1, 0.15) is 5.69 Å². The quantitative estimate of drug-likeness (QED) is 0.761. The smallest absolute Gasteiger partial charge is 0.383 e. The van der Waals surface area contributed by atoms with Crippen LogP contribution in [-0.4, -0.2) is 36.4 Å². The summed E-state index contributed by atoms with van der Waals surface area (Å²) in [6.07, 6.45) is -4.55. The van der Waals surface area contributed by atoms with Crippen molar-refractivity contribution in [1.82, 2.24) is 15.5 Å². The van der Waals surface area contributed by atoms with Crippen molar-refractivity contribution in [3.63, 3.8) is 0 Å². The van der Waals surface area contributed by atoms with E-state index >= 15 is 0 Å². The van der Waals surface area contributed by atoms with Crippen LogP contribution in [0.1, 0.15) is 16.2 Å². The molecule has 16 heavy (non-hydrogen) atoms. The zero-order valence-corrected chi connectivity index (χ0v) is 8.39. The minimum Gasteiger partial charge on any atom is -0.383 e. The number of aromatic nitrogens is 2. The second kappa shape index (κ2) is 4.97. The number of methoxy groups -OCH3 is 1. The Morgan fingerprint density at radius 2 is 2.31 bits per heavy atom. The van der Waals surface area contributed by atoms with Gasteiger partial charge in [0, 0.05) is 19.7 Å². The summed E-state index contributed by atoms with van der Waals surface area (Å²) < 4.78 is 41.1. The van der Waals surface area contributed by atoms with E-state index < -0.39 is 17.8 Å². The maximum Gasteiger partial charge on any atom is 0.435 e. The predicted octanol–water partition coefficient (Wildman–Crippen LogP) is 0.805. The highest BCUT2D eigenvalue weighted by molar-refractivity contribution is 5.92. The zero-order valence-electron chi connectivity index (χ0n) is 8.39. The number of amides is 1. The predicted molar refractivity (Wildman–Crippen MR) is 47.8 cm³/mol. The standard InChI is InChI=1S/C8H10F3N3O2/c1-16-3-2-12-7(15)5-4-6(14-13-5)8(9,10)11/h4H,2-3H2,1H3,(H,12,15)(H,13,14). The molecular formula is C8H10F3N3O2. The van der Waals surface area contributed by atoms with Gasteiger partial charge in [0.25, 0.3) is 5.91 Å². The minimum atomic E-state index is -4.55. The lowest BCUT2D eigenvalue weighted by atomic mass is 10.3. The van der Waals surface area contributed by atoms with Gasteiger partial charge in [-0.05, 0) is 0 Å². The minimum absolute atomic E-state index is 0.218. The molecule has 0 aliphatic rings. The summed E-state index contributed by atoms with van der Waals surface area (Å²) in [5.41, 5.74) is -1.35. The van der Waals surface area contributed by atoms with Crippen molar-refractivity contribution in [2.45, 2.75) is 6.18 Å². The van der Waals surface area contributed by atoms with E-state index in [1.807, 2.05) is 5.10 Å². The molecule has 0 aromatic carbocycles. The molecule has 0 unspecified atom stereocenters. The van der Waals surface area contributed by atoms with Crippen molar-refractivity contribution in [2.75, 3.05) is 20.3 Å². The average Bonchev–Trinajstić information content (AvgIpc) is 2.66. The molecule has 1 rings (SSSR count). The summed E-state index contributed by atoms with van der Waals surface area (Å²) >= 11 is 0. The van der Waals surface area contributed by atoms with Crippen molar-refractivity contribution in [3.8, 4) is 0 Å². The van der Waals surface area contributed by atoms with E-state index in [9.17, 15) is 18.0 Å². The van der Waals surface area contributed by atoms with E-state index in [1.54, 1.807) is 0 Å². The highest BCUT2D eigenvalue weighted by Gasteiger charge is 2.34. The number of carbonyl (C=O) groups excluding carboxylic acids is 1. The summed E-state index contributed by atoms with van der Waals surface area (Å²) in [5, 5.41) is 7.37. The summed E-state index contributed by atoms with van der Waals surface area (Å²) in [7, 11) is 1.45. The number of alkyl halides is 3. The van der Waals surface area contributed by atoms with Gasteiger partial charge in [-0.2, -0.15) is 18.3 Å². The van der Waals surface area contributed by atoms with Gasteiger partial charge < -0.3 is 10.1 Å². The topological polar surface area (TPSA) is 67.0 Å². The fourth-order valence-corrected chi connectivity index (χ4v) is 0.945. The number of aromatic amines is 1. The molecule has 2 N–H and O–H groups in total. The molecule has 0 aliphatic carbocycles. The molecule has 0 radical (unpaired) electrons. The summed E-state index contributed by atoms with van der Waals surface area (Å²) in [4.78, 5) is 11.3. The van der Waals surface area contributed by atoms with Gasteiger partial charge in [0.2, 0.25) is 0 Å². The molecule has 0 fully saturated rings. The third-order valence-electron chi connectivity index (χ3n) is 1.70. The largest absolute Gasteiger partial charge is 0.435 e. The van der Waals surface area contributed by atoms with E-state index in [0.29, 0.717) is 6.07 Å². The Morgan fingerprint density at radius 3 is 2.81 bits per heavy atom. The molecule has 1 heterocycles. The van der Waals surface area contributed by atoms with E-state index in [2.05, 4.69) is 15.2 Å². The second-order valence-electron chi connectivity index (χ2n) is 2.91. The number of rotatable bonds is 4. The second-order valence-corrected chi connectivity index (χ2v) is 2.91. The van der Waals surface area contributed by atoms with E-state index in [1.165, 1.54) is 7.11 Å². The molecule has 0 atom stereocenters. The van der Waals surface area contributed by atoms with Crippen LogP contribution in [0.15, 0.2) is 6.07 Å². The molecule has 1 aromatic heterocycles. The number of hydrogen-bond donors (Lipinski definition) is 2. The van der Waals surface area contributed by atoms with Crippen molar-refractivity contribution < 1.29 is 22.7 Å². The molecule has 90 valence electrons. The van der Waals surface area contributed by atoms with Crippen LogP contribution in [-0.2, 0) is 10.9 Å². The van der Waals surface area contributed by atoms with Crippen LogP contribution in [0.3, 0.4) is 0 Å². The van der Waals surface area contributed by atoms with Gasteiger partial charge in [-0.25, -0.2) is 0 Å². The first kappa shape index (κ1) is 12.5. The first-order valence-corrected chi connectivity index (χ1v) is 4.35. The van der Waals surface area contributed by atoms with Gasteiger partial charge in [0.05, 0.1) is 6.61 Å². The fraction of sp³-hybridized carbons (Fsp3) is 0.500. The normalized spacial score (nSPS) is 11.5. The van der Waals surface area contributed by atoms with E-state index in [0.717, 1.165) is 0 Å². The number of H-pyrrole nitrogens is 1. The lowest BCUT2D eigenvalue weighted by Crippen LogP contribution is -2.27. The Morgan fingerprint density at radius 1 is 1.62 bits per heavy atom. The van der Waals surface area contributed by atoms with Crippen LogP contribution in [0.5, 0.6) is 0 Å². The maximum absolute atomic E-state index is 12.1. The Bertz CT molecular complexity index is 362. The van der Waals surface area contributed by atoms with Crippen molar-refractivity contribution >= 4 is 5.91 Å². The van der Waals surface area contributed by atoms with Crippen molar-refractivity contribution in [2.24, 2.45) is 0 Å². The fourth-order valence-electron chi connectivity index (χ4n) is 0.945. The number of hydrogen-bond acceptors (Lipinski definition) is 3. The van der Waals surface area contributed by atoms with Gasteiger partial charge in [0.15, 0.2) is 5.69 Å². The van der Waals surface area contributed by atoms with Gasteiger partial charge >= 0.3 is 6.18 Å². The number of nitrogens with one attached hydrogen (secondary N) is 2. The molecule has 0 aliphatic heterocycles. The van der Waals surface area contributed by atoms with Crippen molar-refractivity contribution in [1.29, 1.82) is 0 Å². The number of carbonyl (C=O) groups is 1. The SMILES string of the molecule is COCCNC(=O)c1cc(C(F)(F)F)n[nH]1. The first-order chi connectivity index (χ1) is 7.45. The monoisotopic (exact) mass is 237 g/mol. The van der Waals surface area contributed by atoms with E-state index in [-0.39, 0.29) is 18.8 Å². The molecule has 1 amide bonds. The number of ether oxygens (including phenoxy) is 1. The van der Waals surface area contributed by atoms with Crippen LogP contribution in [0, 0.1) is 0 Å². The first-order valence-electron chi connectivity index (χ1n) is 4.35. The lowest BCUT2D eigenvalue weighted by Gasteiger charge is -2.01. The molecule has 1 aromatic rings. The van der Waals surface area contributed by atoms with Gasteiger partial charge in [-0.1, -0.05) is 0 Å². The van der Waals surface area contributed by atoms with Crippen LogP contribution in [0.4, 0.5) is 13.2 Å². The highest BCUT2D eigenvalue weighted by atomic mass is 19.4. The Hall–Kier alpha value is -1.57. The third-order valence-corrected chi connectivity index (χ3v) is 1.70. The zero-order chi connectivity index (χ0) is 12.2. The van der Waals surface area contributed by atoms with Crippen LogP contribution in [0.2, 0.25) is 0 Å². The Kier molecular flexibility index (Phi) is 3.88. The van der Waals surface area contributed by atoms with E-state index in [4.69, 9.17) is 0 Å². The third kappa shape index (κ3) is 3.23. The highest BCUT2D eigenvalue weighted by Crippen LogP contribution is 2.27. The summed E-state index contributed by atoms with van der Waals surface area (Å²) in [5.74, 6) is -0.653. The Labute approximate surface area is 89.0 Å². The number of halogens is 3. The summed E-state index contributed by atoms with van der Waals surface area (Å²) in [6, 6.07) is 0.655. The maximum atomic E-state index is 12.1. The van der Waals surface area contributed by atoms with Crippen molar-refractivity contribution in [3.05, 3.63) is 17.5 Å². The lowest BCUT2D eigenvalue weighted by molar-refractivity contribution is -0.141. The molecule has 0 saturated carbocycles. The average molecular weight is 237 g/mol. The molecule has 0 bridgehead atoms. The molecular weight excluding hydrogens is 227 g/mol. The Balaban J connectivity index is 2.60. The van der Waals surface area contributed by atoms with Gasteiger partial charge in [-0.15, -0.1) is 0 Å². The summed E-state index contributed by atoms with van der Waals surface area (Å²) in [6.45, 7) is 0.502. The van der Waals surface area contributed by atoms with Crippen LogP contribution >= 0.6 is 0 Å². The van der Waals surface area contributed by atoms with Crippen LogP contribution < -0.4 is 5.32 Å². The van der Waals surface area contributed by atoms with Gasteiger partial charge in [-0.3, -0.25) is 9.89 Å². The van der Waals surface area contributed by atoms with Crippen LogP contribution in [0.25, 0.3) is 0 Å². The molecule has 0 spiro atoms. The molecule has 0 saturated heterocycles. The molecule has 5 nitrogen and oxygen atoms in total. The number of nitrogens with zero attached hydrogens (tertiary/aromatic N) is 1.